The van der Waals surface area contributed by atoms with Gasteiger partial charge in [0, 0.05) is 22.6 Å². The van der Waals surface area contributed by atoms with E-state index in [1.807, 2.05) is 6.07 Å². The van der Waals surface area contributed by atoms with Gasteiger partial charge in [-0.2, -0.15) is 0 Å². The number of hydrogen-bond donors (Lipinski definition) is 2. The minimum absolute atomic E-state index is 0.120. The second kappa shape index (κ2) is 6.95. The molecule has 0 saturated heterocycles. The molecule has 1 aromatic carbocycles. The number of halogens is 2. The van der Waals surface area contributed by atoms with Crippen LogP contribution in [0.25, 0.3) is 0 Å². The van der Waals surface area contributed by atoms with Crippen molar-refractivity contribution in [2.24, 2.45) is 0 Å². The smallest absolute Gasteiger partial charge is 0.229 e. The molecule has 1 saturated carbocycles. The van der Waals surface area contributed by atoms with Crippen molar-refractivity contribution in [3.8, 4) is 0 Å². The van der Waals surface area contributed by atoms with Crippen LogP contribution in [0.4, 0.5) is 0 Å². The predicted octanol–water partition coefficient (Wildman–Crippen LogP) is 2.32. The minimum Gasteiger partial charge on any atom is -0.355 e. The highest BCUT2D eigenvalue weighted by molar-refractivity contribution is 6.35. The van der Waals surface area contributed by atoms with Crippen LogP contribution in [0.3, 0.4) is 0 Å². The van der Waals surface area contributed by atoms with E-state index in [1.165, 1.54) is 0 Å². The second-order valence-electron chi connectivity index (χ2n) is 4.85. The van der Waals surface area contributed by atoms with E-state index in [0.717, 1.165) is 18.4 Å². The molecule has 0 bridgehead atoms. The molecule has 6 heteroatoms. The average Bonchev–Trinajstić information content (AvgIpc) is 3.15. The Labute approximate surface area is 127 Å². The number of amides is 2. The molecule has 1 fully saturated rings. The third-order valence-corrected chi connectivity index (χ3v) is 3.58. The molecule has 2 rings (SSSR count). The summed E-state index contributed by atoms with van der Waals surface area (Å²) in [6.07, 6.45) is 2.52. The van der Waals surface area contributed by atoms with Crippen molar-refractivity contribution < 1.29 is 9.59 Å². The average molecular weight is 315 g/mol. The maximum atomic E-state index is 11.6. The largest absolute Gasteiger partial charge is 0.355 e. The van der Waals surface area contributed by atoms with E-state index in [4.69, 9.17) is 23.2 Å². The Morgan fingerprint density at radius 1 is 1.20 bits per heavy atom. The van der Waals surface area contributed by atoms with Crippen LogP contribution in [0.1, 0.15) is 24.8 Å². The molecule has 1 aromatic rings. The van der Waals surface area contributed by atoms with E-state index in [-0.39, 0.29) is 24.3 Å². The van der Waals surface area contributed by atoms with Gasteiger partial charge in [-0.1, -0.05) is 29.3 Å². The molecule has 108 valence electrons. The van der Waals surface area contributed by atoms with Gasteiger partial charge in [0.2, 0.25) is 11.8 Å². The first-order valence-corrected chi connectivity index (χ1v) is 7.30. The summed E-state index contributed by atoms with van der Waals surface area (Å²) in [7, 11) is 0. The fourth-order valence-corrected chi connectivity index (χ4v) is 2.28. The lowest BCUT2D eigenvalue weighted by Crippen LogP contribution is -2.33. The molecule has 20 heavy (non-hydrogen) atoms. The fourth-order valence-electron chi connectivity index (χ4n) is 1.78. The quantitative estimate of drug-likeness (QED) is 0.792. The molecule has 0 aliphatic heterocycles. The third-order valence-electron chi connectivity index (χ3n) is 3.00. The molecule has 2 amide bonds. The van der Waals surface area contributed by atoms with E-state index in [0.29, 0.717) is 23.0 Å². The molecule has 1 aliphatic rings. The number of nitrogens with one attached hydrogen (secondary N) is 2. The monoisotopic (exact) mass is 314 g/mol. The molecular formula is C14H16Cl2N2O2. The van der Waals surface area contributed by atoms with Gasteiger partial charge in [-0.05, 0) is 37.0 Å². The summed E-state index contributed by atoms with van der Waals surface area (Å²) in [6.45, 7) is 0.441. The number of carbonyl (C=O) groups is 2. The Hall–Kier alpha value is -1.26. The van der Waals surface area contributed by atoms with Crippen LogP contribution in [0.2, 0.25) is 10.0 Å². The van der Waals surface area contributed by atoms with Crippen LogP contribution >= 0.6 is 23.2 Å². The van der Waals surface area contributed by atoms with Crippen molar-refractivity contribution in [3.05, 3.63) is 33.8 Å². The minimum atomic E-state index is -0.270. The molecule has 0 aromatic heterocycles. The van der Waals surface area contributed by atoms with Crippen molar-refractivity contribution >= 4 is 35.0 Å². The third kappa shape index (κ3) is 5.02. The van der Waals surface area contributed by atoms with Gasteiger partial charge in [0.25, 0.3) is 0 Å². The number of carbonyl (C=O) groups excluding carboxylic acids is 2. The van der Waals surface area contributed by atoms with Gasteiger partial charge >= 0.3 is 0 Å². The normalized spacial score (nSPS) is 13.9. The van der Waals surface area contributed by atoms with Crippen LogP contribution < -0.4 is 10.6 Å². The highest BCUT2D eigenvalue weighted by Crippen LogP contribution is 2.21. The number of benzene rings is 1. The number of hydrogen-bond acceptors (Lipinski definition) is 2. The van der Waals surface area contributed by atoms with Crippen LogP contribution in [0.5, 0.6) is 0 Å². The molecule has 0 atom stereocenters. The highest BCUT2D eigenvalue weighted by Gasteiger charge is 2.23. The fraction of sp³-hybridized carbons (Fsp3) is 0.429. The van der Waals surface area contributed by atoms with Gasteiger partial charge in [0.05, 0.1) is 0 Å². The molecule has 0 spiro atoms. The van der Waals surface area contributed by atoms with E-state index in [9.17, 15) is 9.59 Å². The van der Waals surface area contributed by atoms with Gasteiger partial charge in [0.1, 0.15) is 6.42 Å². The Morgan fingerprint density at radius 2 is 1.95 bits per heavy atom. The van der Waals surface area contributed by atoms with Crippen molar-refractivity contribution in [3.63, 3.8) is 0 Å². The summed E-state index contributed by atoms with van der Waals surface area (Å²) in [5, 5.41) is 6.64. The molecule has 1 aliphatic carbocycles. The predicted molar refractivity (Wildman–Crippen MR) is 79.0 cm³/mol. The Balaban J connectivity index is 1.69. The summed E-state index contributed by atoms with van der Waals surface area (Å²) in [6, 6.07) is 5.54. The first-order chi connectivity index (χ1) is 9.54. The van der Waals surface area contributed by atoms with Crippen molar-refractivity contribution in [1.82, 2.24) is 10.6 Å². The molecule has 4 nitrogen and oxygen atoms in total. The Bertz CT molecular complexity index is 516. The van der Waals surface area contributed by atoms with Crippen LogP contribution in [0.15, 0.2) is 18.2 Å². The van der Waals surface area contributed by atoms with Crippen molar-refractivity contribution in [1.29, 1.82) is 0 Å². The summed E-state index contributed by atoms with van der Waals surface area (Å²) in [5.74, 6) is -0.484. The first-order valence-electron chi connectivity index (χ1n) is 6.54. The maximum Gasteiger partial charge on any atom is 0.229 e. The zero-order valence-corrected chi connectivity index (χ0v) is 12.4. The standard InChI is InChI=1S/C14H16Cl2N2O2/c15-10-2-1-9(12(16)7-10)5-6-17-13(19)8-14(20)18-11-3-4-11/h1-2,7,11H,3-6,8H2,(H,17,19)(H,18,20). The van der Waals surface area contributed by atoms with Gasteiger partial charge in [-0.15, -0.1) is 0 Å². The maximum absolute atomic E-state index is 11.6. The van der Waals surface area contributed by atoms with Gasteiger partial charge < -0.3 is 10.6 Å². The van der Waals surface area contributed by atoms with Crippen LogP contribution in [-0.2, 0) is 16.0 Å². The summed E-state index contributed by atoms with van der Waals surface area (Å²) in [5.41, 5.74) is 0.916. The zero-order valence-electron chi connectivity index (χ0n) is 10.9. The Morgan fingerprint density at radius 3 is 2.60 bits per heavy atom. The Kier molecular flexibility index (Phi) is 5.26. The topological polar surface area (TPSA) is 58.2 Å². The van der Waals surface area contributed by atoms with Gasteiger partial charge in [-0.3, -0.25) is 9.59 Å². The van der Waals surface area contributed by atoms with E-state index >= 15 is 0 Å². The second-order valence-corrected chi connectivity index (χ2v) is 5.70. The lowest BCUT2D eigenvalue weighted by Gasteiger charge is -2.07. The summed E-state index contributed by atoms with van der Waals surface area (Å²) >= 11 is 11.8. The van der Waals surface area contributed by atoms with Crippen molar-refractivity contribution in [2.75, 3.05) is 6.54 Å². The molecule has 2 N–H and O–H groups in total. The number of rotatable bonds is 6. The van der Waals surface area contributed by atoms with E-state index in [1.54, 1.807) is 12.1 Å². The first kappa shape index (κ1) is 15.1. The van der Waals surface area contributed by atoms with Crippen molar-refractivity contribution in [2.45, 2.75) is 31.7 Å². The highest BCUT2D eigenvalue weighted by atomic mass is 35.5. The summed E-state index contributed by atoms with van der Waals surface area (Å²) < 4.78 is 0. The molecule has 0 heterocycles. The lowest BCUT2D eigenvalue weighted by atomic mass is 10.1. The lowest BCUT2D eigenvalue weighted by molar-refractivity contribution is -0.129. The van der Waals surface area contributed by atoms with Crippen LogP contribution in [-0.4, -0.2) is 24.4 Å². The van der Waals surface area contributed by atoms with E-state index in [2.05, 4.69) is 10.6 Å². The zero-order chi connectivity index (χ0) is 14.5. The van der Waals surface area contributed by atoms with Gasteiger partial charge in [0.15, 0.2) is 0 Å². The van der Waals surface area contributed by atoms with Gasteiger partial charge in [-0.25, -0.2) is 0 Å². The van der Waals surface area contributed by atoms with E-state index < -0.39 is 0 Å². The molecule has 0 radical (unpaired) electrons. The summed E-state index contributed by atoms with van der Waals surface area (Å²) in [4.78, 5) is 23.0. The molecule has 0 unspecified atom stereocenters. The molecular weight excluding hydrogens is 299 g/mol. The van der Waals surface area contributed by atoms with Crippen LogP contribution in [0, 0.1) is 0 Å². The SMILES string of the molecule is O=C(CC(=O)NC1CC1)NCCc1ccc(Cl)cc1Cl.